The molecule has 0 spiro atoms. The summed E-state index contributed by atoms with van der Waals surface area (Å²) in [6, 6.07) is 0. The second-order valence-electron chi connectivity index (χ2n) is 1.07. The number of hydrogen-bond acceptors (Lipinski definition) is 6. The van der Waals surface area contributed by atoms with Gasteiger partial charge in [-0.05, 0) is 10.4 Å². The molecule has 3 N–H and O–H groups in total. The zero-order valence-electron chi connectivity index (χ0n) is 3.61. The van der Waals surface area contributed by atoms with Crippen LogP contribution in [-0.4, -0.2) is 11.1 Å². The molecule has 0 amide bonds. The van der Waals surface area contributed by atoms with Gasteiger partial charge < -0.3 is 5.11 Å². The predicted octanol–water partition coefficient (Wildman–Crippen LogP) is -0.621. The van der Waals surface area contributed by atoms with Crippen LogP contribution in [0.5, 0.6) is 0 Å². The Hall–Kier alpha value is -0.361. The van der Waals surface area contributed by atoms with Gasteiger partial charge in [0.1, 0.15) is 0 Å². The molecule has 0 unspecified atom stereocenters. The van der Waals surface area contributed by atoms with Crippen LogP contribution in [-0.2, 0) is 17.1 Å². The second kappa shape index (κ2) is 2.27. The van der Waals surface area contributed by atoms with E-state index in [0.717, 1.165) is 0 Å². The number of rotatable bonds is 0. The molecule has 1 rings (SSSR count). The minimum atomic E-state index is -1.89. The Morgan fingerprint density at radius 1 is 1.25 bits per heavy atom. The molecule has 0 aromatic carbocycles. The molecule has 0 saturated heterocycles. The standard InChI is InChI=1S/CH3N5O.Cu/c2-1(7)3-5-6-4-1;/h7H,2H2;. The first kappa shape index (κ1) is 7.64. The van der Waals surface area contributed by atoms with Gasteiger partial charge in [0.25, 0.3) is 0 Å². The van der Waals surface area contributed by atoms with Crippen molar-refractivity contribution in [2.24, 2.45) is 26.4 Å². The van der Waals surface area contributed by atoms with E-state index in [1.165, 1.54) is 0 Å². The Kier molecular flexibility index (Phi) is 2.17. The van der Waals surface area contributed by atoms with E-state index in [1.807, 2.05) is 0 Å². The van der Waals surface area contributed by atoms with Gasteiger partial charge in [0.2, 0.25) is 0 Å². The molecule has 0 aromatic heterocycles. The van der Waals surface area contributed by atoms with Crippen molar-refractivity contribution in [3.63, 3.8) is 0 Å². The van der Waals surface area contributed by atoms with Crippen molar-refractivity contribution in [1.82, 2.24) is 0 Å². The summed E-state index contributed by atoms with van der Waals surface area (Å²) in [4.78, 5) is 0. The van der Waals surface area contributed by atoms with Crippen LogP contribution in [0.4, 0.5) is 0 Å². The Balaban J connectivity index is 0.000000490. The summed E-state index contributed by atoms with van der Waals surface area (Å²) >= 11 is 0. The molecule has 0 aliphatic carbocycles. The van der Waals surface area contributed by atoms with Crippen molar-refractivity contribution < 1.29 is 22.2 Å². The van der Waals surface area contributed by atoms with Gasteiger partial charge in [-0.2, -0.15) is 0 Å². The topological polar surface area (TPSA) is 95.7 Å². The van der Waals surface area contributed by atoms with Gasteiger partial charge in [-0.3, -0.25) is 5.73 Å². The van der Waals surface area contributed by atoms with Gasteiger partial charge >= 0.3 is 5.97 Å². The first-order valence-corrected chi connectivity index (χ1v) is 1.56. The Morgan fingerprint density at radius 2 is 1.62 bits per heavy atom. The maximum absolute atomic E-state index is 8.45. The molecule has 7 heteroatoms. The fraction of sp³-hybridized carbons (Fsp3) is 1.00. The van der Waals surface area contributed by atoms with Crippen LogP contribution in [0.25, 0.3) is 0 Å². The van der Waals surface area contributed by atoms with Crippen LogP contribution in [0.15, 0.2) is 20.7 Å². The SMILES string of the molecule is NC1(O)N=NN=N1.[Cu]. The van der Waals surface area contributed by atoms with Gasteiger partial charge in [0.15, 0.2) is 0 Å². The molecule has 0 bridgehead atoms. The van der Waals surface area contributed by atoms with E-state index >= 15 is 0 Å². The van der Waals surface area contributed by atoms with Crippen molar-refractivity contribution in [3.05, 3.63) is 0 Å². The molecule has 1 radical (unpaired) electrons. The molecule has 49 valence electrons. The molecule has 1 aliphatic heterocycles. The van der Waals surface area contributed by atoms with Crippen LogP contribution >= 0.6 is 0 Å². The van der Waals surface area contributed by atoms with E-state index in [9.17, 15) is 0 Å². The summed E-state index contributed by atoms with van der Waals surface area (Å²) < 4.78 is 0. The second-order valence-corrected chi connectivity index (χ2v) is 1.07. The van der Waals surface area contributed by atoms with Crippen molar-refractivity contribution in [3.8, 4) is 0 Å². The van der Waals surface area contributed by atoms with Gasteiger partial charge in [-0.1, -0.05) is 10.2 Å². The summed E-state index contributed by atoms with van der Waals surface area (Å²) in [5.41, 5.74) is 4.81. The molecule has 1 heterocycles. The Labute approximate surface area is 55.3 Å². The molecule has 6 nitrogen and oxygen atoms in total. The van der Waals surface area contributed by atoms with E-state index in [-0.39, 0.29) is 17.1 Å². The zero-order valence-corrected chi connectivity index (χ0v) is 4.56. The fourth-order valence-corrected chi connectivity index (χ4v) is 0.192. The number of nitrogens with two attached hydrogens (primary N) is 1. The molecule has 0 aromatic rings. The summed E-state index contributed by atoms with van der Waals surface area (Å²) in [5.74, 6) is -1.89. The molecule has 0 atom stereocenters. The Morgan fingerprint density at radius 3 is 1.75 bits per heavy atom. The number of hydrogen-bond donors (Lipinski definition) is 2. The van der Waals surface area contributed by atoms with Gasteiger partial charge in [-0.15, -0.1) is 0 Å². The number of aliphatic hydroxyl groups is 1. The minimum absolute atomic E-state index is 0. The van der Waals surface area contributed by atoms with E-state index in [0.29, 0.717) is 0 Å². The largest absolute Gasteiger partial charge is 0.354 e. The predicted molar refractivity (Wildman–Crippen MR) is 18.8 cm³/mol. The average Bonchev–Trinajstić information content (AvgIpc) is 1.84. The fourth-order valence-electron chi connectivity index (χ4n) is 0.192. The molecular weight excluding hydrogens is 162 g/mol. The van der Waals surface area contributed by atoms with Crippen LogP contribution in [0.3, 0.4) is 0 Å². The van der Waals surface area contributed by atoms with Crippen LogP contribution in [0.1, 0.15) is 0 Å². The van der Waals surface area contributed by atoms with Crippen LogP contribution in [0, 0.1) is 0 Å². The molecule has 8 heavy (non-hydrogen) atoms. The normalized spacial score (nSPS) is 20.8. The molecular formula is CH3CuN5O. The van der Waals surface area contributed by atoms with E-state index < -0.39 is 5.97 Å². The summed E-state index contributed by atoms with van der Waals surface area (Å²) in [7, 11) is 0. The van der Waals surface area contributed by atoms with Gasteiger partial charge in [-0.25, -0.2) is 0 Å². The Bertz CT molecular complexity index is 114. The van der Waals surface area contributed by atoms with Crippen LogP contribution < -0.4 is 5.73 Å². The maximum atomic E-state index is 8.45. The first-order valence-electron chi connectivity index (χ1n) is 1.56. The smallest absolute Gasteiger partial charge is 0.336 e. The van der Waals surface area contributed by atoms with Gasteiger partial charge in [0, 0.05) is 17.1 Å². The summed E-state index contributed by atoms with van der Waals surface area (Å²) in [6.45, 7) is 0. The van der Waals surface area contributed by atoms with Gasteiger partial charge in [0.05, 0.1) is 0 Å². The number of nitrogens with zero attached hydrogens (tertiary/aromatic N) is 4. The molecule has 0 fully saturated rings. The zero-order chi connectivity index (χ0) is 5.33. The summed E-state index contributed by atoms with van der Waals surface area (Å²) in [6.07, 6.45) is 0. The third kappa shape index (κ3) is 1.63. The third-order valence-corrected chi connectivity index (χ3v) is 0.424. The van der Waals surface area contributed by atoms with E-state index in [2.05, 4.69) is 20.7 Å². The summed E-state index contributed by atoms with van der Waals surface area (Å²) in [5, 5.41) is 20.3. The van der Waals surface area contributed by atoms with Crippen molar-refractivity contribution in [2.45, 2.75) is 5.97 Å². The van der Waals surface area contributed by atoms with Crippen LogP contribution in [0.2, 0.25) is 0 Å². The van der Waals surface area contributed by atoms with Crippen molar-refractivity contribution in [2.75, 3.05) is 0 Å². The quantitative estimate of drug-likeness (QED) is 0.369. The van der Waals surface area contributed by atoms with Crippen molar-refractivity contribution in [1.29, 1.82) is 0 Å². The molecule has 0 saturated carbocycles. The minimum Gasteiger partial charge on any atom is -0.336 e. The third-order valence-electron chi connectivity index (χ3n) is 0.424. The molecule has 1 aliphatic rings. The monoisotopic (exact) mass is 164 g/mol. The average molecular weight is 165 g/mol. The van der Waals surface area contributed by atoms with E-state index in [1.54, 1.807) is 0 Å². The first-order chi connectivity index (χ1) is 3.21. The maximum Gasteiger partial charge on any atom is 0.354 e. The van der Waals surface area contributed by atoms with E-state index in [4.69, 9.17) is 10.8 Å². The van der Waals surface area contributed by atoms with Crippen molar-refractivity contribution >= 4 is 0 Å².